The number of hydrogen-bond acceptors (Lipinski definition) is 4. The monoisotopic (exact) mass is 305 g/mol. The minimum atomic E-state index is -0.944. The number of aromatic nitrogens is 2. The molecular formula is C14H19N5O3. The molecule has 0 spiro atoms. The van der Waals surface area contributed by atoms with Crippen molar-refractivity contribution in [2.75, 3.05) is 19.6 Å². The summed E-state index contributed by atoms with van der Waals surface area (Å²) in [7, 11) is 0. The van der Waals surface area contributed by atoms with E-state index in [9.17, 15) is 14.4 Å². The van der Waals surface area contributed by atoms with E-state index in [2.05, 4.69) is 15.5 Å². The minimum absolute atomic E-state index is 0.205. The number of aromatic amines is 1. The van der Waals surface area contributed by atoms with Gasteiger partial charge >= 0.3 is 6.03 Å². The van der Waals surface area contributed by atoms with Gasteiger partial charge < -0.3 is 10.2 Å². The summed E-state index contributed by atoms with van der Waals surface area (Å²) in [5.41, 5.74) is 0.0623. The Labute approximate surface area is 127 Å². The summed E-state index contributed by atoms with van der Waals surface area (Å²) >= 11 is 0. The zero-order valence-electron chi connectivity index (χ0n) is 12.6. The summed E-state index contributed by atoms with van der Waals surface area (Å²) in [5, 5.41) is 9.41. The van der Waals surface area contributed by atoms with E-state index in [0.29, 0.717) is 13.1 Å². The Balaban J connectivity index is 1.62. The van der Waals surface area contributed by atoms with Crippen LogP contribution in [-0.2, 0) is 9.59 Å². The molecule has 118 valence electrons. The van der Waals surface area contributed by atoms with Crippen LogP contribution in [0.4, 0.5) is 4.79 Å². The molecule has 1 atom stereocenters. The third kappa shape index (κ3) is 2.44. The normalized spacial score (nSPS) is 24.0. The molecule has 3 rings (SSSR count). The van der Waals surface area contributed by atoms with E-state index in [1.807, 2.05) is 6.07 Å². The predicted molar refractivity (Wildman–Crippen MR) is 76.8 cm³/mol. The number of carbonyl (C=O) groups excluding carboxylic acids is 3. The molecule has 0 saturated carbocycles. The number of hydrogen-bond donors (Lipinski definition) is 2. The molecule has 1 aromatic heterocycles. The predicted octanol–water partition coefficient (Wildman–Crippen LogP) is 0.0560. The van der Waals surface area contributed by atoms with Gasteiger partial charge in [-0.3, -0.25) is 19.6 Å². The molecule has 0 aliphatic carbocycles. The van der Waals surface area contributed by atoms with E-state index in [1.54, 1.807) is 24.9 Å². The second kappa shape index (κ2) is 5.11. The first kappa shape index (κ1) is 14.6. The van der Waals surface area contributed by atoms with Crippen LogP contribution in [0.3, 0.4) is 0 Å². The van der Waals surface area contributed by atoms with E-state index in [-0.39, 0.29) is 24.3 Å². The lowest BCUT2D eigenvalue weighted by Gasteiger charge is -2.20. The van der Waals surface area contributed by atoms with E-state index in [4.69, 9.17) is 0 Å². The number of rotatable bonds is 3. The van der Waals surface area contributed by atoms with Gasteiger partial charge in [0.05, 0.1) is 0 Å². The van der Waals surface area contributed by atoms with Crippen molar-refractivity contribution >= 4 is 17.8 Å². The van der Waals surface area contributed by atoms with Gasteiger partial charge in [0.2, 0.25) is 5.91 Å². The van der Waals surface area contributed by atoms with Gasteiger partial charge in [-0.1, -0.05) is 0 Å². The quantitative estimate of drug-likeness (QED) is 0.771. The molecule has 2 fully saturated rings. The van der Waals surface area contributed by atoms with Gasteiger partial charge in [0.1, 0.15) is 12.1 Å². The van der Waals surface area contributed by atoms with Gasteiger partial charge in [0.25, 0.3) is 5.91 Å². The lowest BCUT2D eigenvalue weighted by atomic mass is 10.1. The first-order valence-corrected chi connectivity index (χ1v) is 7.29. The summed E-state index contributed by atoms with van der Waals surface area (Å²) in [6, 6.07) is 1.39. The Morgan fingerprint density at radius 3 is 2.82 bits per heavy atom. The topological polar surface area (TPSA) is 98.4 Å². The molecule has 2 aliphatic heterocycles. The summed E-state index contributed by atoms with van der Waals surface area (Å²) in [6.45, 7) is 4.25. The van der Waals surface area contributed by atoms with Crippen LogP contribution in [0.5, 0.6) is 0 Å². The molecule has 8 heteroatoms. The molecule has 0 radical (unpaired) electrons. The fourth-order valence-electron chi connectivity index (χ4n) is 2.93. The van der Waals surface area contributed by atoms with E-state index in [1.165, 1.54) is 0 Å². The summed E-state index contributed by atoms with van der Waals surface area (Å²) < 4.78 is 0. The zero-order chi connectivity index (χ0) is 15.9. The summed E-state index contributed by atoms with van der Waals surface area (Å²) in [6.07, 6.45) is 2.54. The highest BCUT2D eigenvalue weighted by molar-refractivity contribution is 6.08. The molecule has 2 N–H and O–H groups in total. The number of imide groups is 1. The van der Waals surface area contributed by atoms with Crippen LogP contribution in [0, 0.1) is 0 Å². The molecule has 3 heterocycles. The smallest absolute Gasteiger partial charge is 0.325 e. The van der Waals surface area contributed by atoms with Crippen LogP contribution in [0.1, 0.15) is 31.9 Å². The zero-order valence-corrected chi connectivity index (χ0v) is 12.6. The molecule has 22 heavy (non-hydrogen) atoms. The Bertz CT molecular complexity index is 610. The van der Waals surface area contributed by atoms with Crippen molar-refractivity contribution in [3.05, 3.63) is 18.0 Å². The first-order valence-electron chi connectivity index (χ1n) is 7.29. The van der Waals surface area contributed by atoms with Crippen molar-refractivity contribution < 1.29 is 14.4 Å². The van der Waals surface area contributed by atoms with Crippen LogP contribution in [0.25, 0.3) is 0 Å². The van der Waals surface area contributed by atoms with E-state index in [0.717, 1.165) is 17.0 Å². The summed E-state index contributed by atoms with van der Waals surface area (Å²) in [5.74, 6) is -0.343. The average Bonchev–Trinajstić information content (AvgIpc) is 3.15. The fourth-order valence-corrected chi connectivity index (χ4v) is 2.93. The van der Waals surface area contributed by atoms with E-state index < -0.39 is 11.6 Å². The Morgan fingerprint density at radius 1 is 1.45 bits per heavy atom. The van der Waals surface area contributed by atoms with Gasteiger partial charge in [0.15, 0.2) is 0 Å². The van der Waals surface area contributed by atoms with E-state index >= 15 is 0 Å². The molecule has 2 aliphatic rings. The van der Waals surface area contributed by atoms with Gasteiger partial charge in [-0.25, -0.2) is 4.79 Å². The number of amides is 4. The lowest BCUT2D eigenvalue weighted by Crippen LogP contribution is -2.44. The van der Waals surface area contributed by atoms with Crippen LogP contribution < -0.4 is 5.32 Å². The maximum absolute atomic E-state index is 12.3. The number of urea groups is 1. The Hall–Kier alpha value is -2.38. The standard InChI is InChI=1S/C14H19N5O3/c1-14(2)12(21)19(13(22)16-14)8-11(20)18-6-4-9(7-18)10-3-5-15-17-10/h3,5,9H,4,6-8H2,1-2H3,(H,15,17)(H,16,22). The van der Waals surface area contributed by atoms with Crippen molar-refractivity contribution in [2.24, 2.45) is 0 Å². The number of H-pyrrole nitrogens is 1. The SMILES string of the molecule is CC1(C)NC(=O)N(CC(=O)N2CCC(c3ccn[nH]3)C2)C1=O. The third-order valence-electron chi connectivity index (χ3n) is 4.24. The molecule has 8 nitrogen and oxygen atoms in total. The first-order chi connectivity index (χ1) is 10.4. The van der Waals surface area contributed by atoms with Crippen LogP contribution in [0.15, 0.2) is 12.3 Å². The molecule has 1 aromatic rings. The van der Waals surface area contributed by atoms with Crippen LogP contribution in [-0.4, -0.2) is 63.0 Å². The molecule has 1 unspecified atom stereocenters. The minimum Gasteiger partial charge on any atom is -0.340 e. The van der Waals surface area contributed by atoms with Gasteiger partial charge in [0, 0.05) is 30.9 Å². The Morgan fingerprint density at radius 2 is 2.23 bits per heavy atom. The fraction of sp³-hybridized carbons (Fsp3) is 0.571. The van der Waals surface area contributed by atoms with Crippen LogP contribution in [0.2, 0.25) is 0 Å². The Kier molecular flexibility index (Phi) is 3.38. The number of carbonyl (C=O) groups is 3. The second-order valence-corrected chi connectivity index (χ2v) is 6.28. The van der Waals surface area contributed by atoms with Crippen LogP contribution >= 0.6 is 0 Å². The van der Waals surface area contributed by atoms with Gasteiger partial charge in [-0.15, -0.1) is 0 Å². The maximum atomic E-state index is 12.3. The molecule has 2 saturated heterocycles. The van der Waals surface area contributed by atoms with Crippen molar-refractivity contribution in [3.63, 3.8) is 0 Å². The largest absolute Gasteiger partial charge is 0.340 e. The van der Waals surface area contributed by atoms with Crippen molar-refractivity contribution in [2.45, 2.75) is 31.7 Å². The highest BCUT2D eigenvalue weighted by atomic mass is 16.2. The number of nitrogens with zero attached hydrogens (tertiary/aromatic N) is 3. The van der Waals surface area contributed by atoms with Gasteiger partial charge in [-0.2, -0.15) is 5.10 Å². The second-order valence-electron chi connectivity index (χ2n) is 6.28. The molecule has 0 bridgehead atoms. The highest BCUT2D eigenvalue weighted by Crippen LogP contribution is 2.26. The molecule has 0 aromatic carbocycles. The number of likely N-dealkylation sites (tertiary alicyclic amines) is 1. The van der Waals surface area contributed by atoms with Crippen molar-refractivity contribution in [3.8, 4) is 0 Å². The average molecular weight is 305 g/mol. The number of nitrogens with one attached hydrogen (secondary N) is 2. The van der Waals surface area contributed by atoms with Crippen molar-refractivity contribution in [1.29, 1.82) is 0 Å². The summed E-state index contributed by atoms with van der Waals surface area (Å²) in [4.78, 5) is 38.9. The highest BCUT2D eigenvalue weighted by Gasteiger charge is 2.45. The lowest BCUT2D eigenvalue weighted by molar-refractivity contribution is -0.137. The molecular weight excluding hydrogens is 286 g/mol. The van der Waals surface area contributed by atoms with Crippen molar-refractivity contribution in [1.82, 2.24) is 25.3 Å². The molecule has 4 amide bonds. The van der Waals surface area contributed by atoms with Gasteiger partial charge in [-0.05, 0) is 26.3 Å². The maximum Gasteiger partial charge on any atom is 0.325 e. The third-order valence-corrected chi connectivity index (χ3v) is 4.24.